The van der Waals surface area contributed by atoms with E-state index in [1.54, 1.807) is 42.5 Å². The average Bonchev–Trinajstić information content (AvgIpc) is 3.31. The minimum Gasteiger partial charge on any atom is -0.507 e. The third-order valence-electron chi connectivity index (χ3n) is 4.51. The van der Waals surface area contributed by atoms with Gasteiger partial charge in [0.15, 0.2) is 17.2 Å². The molecule has 2 N–H and O–H groups in total. The van der Waals surface area contributed by atoms with Crippen LogP contribution in [0.1, 0.15) is 12.2 Å². The normalized spacial score (nSPS) is 12.0. The minimum atomic E-state index is -0.638. The summed E-state index contributed by atoms with van der Waals surface area (Å²) in [6.45, 7) is -0.423. The fraction of sp³-hybridized carbons (Fsp3) is 0.143. The average molecular weight is 404 g/mol. The smallest absolute Gasteiger partial charge is 0.419 e. The molecule has 4 rings (SSSR count). The van der Waals surface area contributed by atoms with E-state index in [9.17, 15) is 20.0 Å². The van der Waals surface area contributed by atoms with E-state index in [1.807, 2.05) is 12.1 Å². The number of ether oxygens (including phenoxy) is 1. The summed E-state index contributed by atoms with van der Waals surface area (Å²) in [6, 6.07) is 15.9. The molecule has 0 fully saturated rings. The van der Waals surface area contributed by atoms with E-state index in [2.05, 4.69) is 9.97 Å². The van der Waals surface area contributed by atoms with Crippen LogP contribution in [0.5, 0.6) is 0 Å². The van der Waals surface area contributed by atoms with Crippen LogP contribution in [0.15, 0.2) is 63.5 Å². The highest BCUT2D eigenvalue weighted by Gasteiger charge is 2.16. The molecule has 4 aromatic rings. The van der Waals surface area contributed by atoms with Crippen molar-refractivity contribution >= 4 is 33.7 Å². The number of aliphatic hydroxyl groups excluding tert-OH is 1. The lowest BCUT2D eigenvalue weighted by molar-refractivity contribution is -0.143. The molecule has 0 radical (unpaired) electrons. The van der Waals surface area contributed by atoms with Crippen molar-refractivity contribution in [3.63, 3.8) is 0 Å². The van der Waals surface area contributed by atoms with Crippen molar-refractivity contribution in [2.24, 2.45) is 0 Å². The quantitative estimate of drug-likeness (QED) is 0.287. The molecule has 2 aromatic heterocycles. The number of rotatable bonds is 6. The number of oxazole rings is 1. The standard InChI is InChI=1S/C21H16N4O5/c22-11-13(20-23-14-5-1-2-6-15(14)24-20)17(26)12-29-19(27)9-10-25-16-7-3-4-8-18(16)30-21(25)28/h1-8,26H,9-10,12H2,(H,23,24)/b17-13+. The second kappa shape index (κ2) is 7.97. The predicted octanol–water partition coefficient (Wildman–Crippen LogP) is 2.90. The van der Waals surface area contributed by atoms with Crippen molar-refractivity contribution in [3.8, 4) is 6.07 Å². The van der Waals surface area contributed by atoms with Crippen molar-refractivity contribution in [2.45, 2.75) is 13.0 Å². The zero-order chi connectivity index (χ0) is 21.1. The van der Waals surface area contributed by atoms with Crippen LogP contribution in [-0.4, -0.2) is 32.2 Å². The lowest BCUT2D eigenvalue weighted by Crippen LogP contribution is -2.18. The second-order valence-electron chi connectivity index (χ2n) is 6.43. The summed E-state index contributed by atoms with van der Waals surface area (Å²) in [7, 11) is 0. The predicted molar refractivity (Wildman–Crippen MR) is 107 cm³/mol. The topological polar surface area (TPSA) is 134 Å². The highest BCUT2D eigenvalue weighted by Crippen LogP contribution is 2.19. The van der Waals surface area contributed by atoms with Crippen LogP contribution >= 0.6 is 0 Å². The number of aromatic amines is 1. The van der Waals surface area contributed by atoms with Crippen molar-refractivity contribution in [1.29, 1.82) is 5.26 Å². The Labute approximate surface area is 169 Å². The Hall–Kier alpha value is -4.32. The first kappa shape index (κ1) is 19.0. The largest absolute Gasteiger partial charge is 0.507 e. The molecular formula is C21H16N4O5. The number of nitrogens with zero attached hydrogens (tertiary/aromatic N) is 3. The van der Waals surface area contributed by atoms with Gasteiger partial charge in [-0.05, 0) is 24.3 Å². The van der Waals surface area contributed by atoms with Gasteiger partial charge in [0.2, 0.25) is 0 Å². The Kier molecular flexibility index (Phi) is 5.05. The van der Waals surface area contributed by atoms with Gasteiger partial charge in [-0.2, -0.15) is 5.26 Å². The molecule has 9 heteroatoms. The Morgan fingerprint density at radius 3 is 2.80 bits per heavy atom. The highest BCUT2D eigenvalue weighted by molar-refractivity contribution is 5.83. The summed E-state index contributed by atoms with van der Waals surface area (Å²) < 4.78 is 11.5. The first-order chi connectivity index (χ1) is 14.6. The van der Waals surface area contributed by atoms with E-state index in [4.69, 9.17) is 9.15 Å². The van der Waals surface area contributed by atoms with Crippen LogP contribution in [0.25, 0.3) is 27.7 Å². The van der Waals surface area contributed by atoms with Gasteiger partial charge in [-0.1, -0.05) is 24.3 Å². The summed E-state index contributed by atoms with van der Waals surface area (Å²) >= 11 is 0. The maximum absolute atomic E-state index is 12.1. The molecule has 0 aliphatic rings. The summed E-state index contributed by atoms with van der Waals surface area (Å²) in [5.41, 5.74) is 2.25. The molecule has 0 atom stereocenters. The molecule has 150 valence electrons. The molecule has 0 unspecified atom stereocenters. The van der Waals surface area contributed by atoms with E-state index in [0.29, 0.717) is 22.1 Å². The lowest BCUT2D eigenvalue weighted by atomic mass is 10.2. The van der Waals surface area contributed by atoms with E-state index in [-0.39, 0.29) is 24.4 Å². The number of benzene rings is 2. The van der Waals surface area contributed by atoms with Gasteiger partial charge in [0, 0.05) is 6.54 Å². The molecule has 0 aliphatic carbocycles. The van der Waals surface area contributed by atoms with Crippen molar-refractivity contribution in [3.05, 3.63) is 70.7 Å². The number of nitriles is 1. The van der Waals surface area contributed by atoms with Gasteiger partial charge in [-0.3, -0.25) is 9.36 Å². The van der Waals surface area contributed by atoms with E-state index in [1.165, 1.54) is 4.57 Å². The minimum absolute atomic E-state index is 0.0633. The number of hydrogen-bond donors (Lipinski definition) is 2. The number of fused-ring (bicyclic) bond motifs is 2. The number of aryl methyl sites for hydroxylation is 1. The molecule has 2 aromatic carbocycles. The number of nitrogens with one attached hydrogen (secondary N) is 1. The zero-order valence-electron chi connectivity index (χ0n) is 15.7. The van der Waals surface area contributed by atoms with Gasteiger partial charge < -0.3 is 19.2 Å². The molecule has 2 heterocycles. The lowest BCUT2D eigenvalue weighted by Gasteiger charge is -2.06. The van der Waals surface area contributed by atoms with Crippen molar-refractivity contribution < 1.29 is 19.1 Å². The number of carbonyl (C=O) groups is 1. The number of para-hydroxylation sites is 4. The van der Waals surface area contributed by atoms with Crippen molar-refractivity contribution in [1.82, 2.24) is 14.5 Å². The third kappa shape index (κ3) is 3.66. The second-order valence-corrected chi connectivity index (χ2v) is 6.43. The number of esters is 1. The maximum Gasteiger partial charge on any atom is 0.419 e. The molecule has 0 spiro atoms. The number of allylic oxidation sites excluding steroid dienone is 1. The molecule has 9 nitrogen and oxygen atoms in total. The molecule has 0 saturated carbocycles. The molecule has 0 aliphatic heterocycles. The van der Waals surface area contributed by atoms with Crippen LogP contribution in [-0.2, 0) is 16.1 Å². The number of carbonyl (C=O) groups excluding carboxylic acids is 1. The number of aromatic nitrogens is 3. The van der Waals surface area contributed by atoms with Crippen LogP contribution in [0.3, 0.4) is 0 Å². The number of imidazole rings is 1. The van der Waals surface area contributed by atoms with Gasteiger partial charge in [0.1, 0.15) is 18.2 Å². The fourth-order valence-corrected chi connectivity index (χ4v) is 3.05. The SMILES string of the molecule is N#C/C(=C(\O)COC(=O)CCn1c(=O)oc2ccccc21)c1nc2ccccc2[nH]1. The van der Waals surface area contributed by atoms with Crippen molar-refractivity contribution in [2.75, 3.05) is 6.61 Å². The monoisotopic (exact) mass is 404 g/mol. The molecule has 30 heavy (non-hydrogen) atoms. The fourth-order valence-electron chi connectivity index (χ4n) is 3.05. The maximum atomic E-state index is 12.1. The first-order valence-corrected chi connectivity index (χ1v) is 9.08. The van der Waals surface area contributed by atoms with Crippen LogP contribution in [0, 0.1) is 11.3 Å². The Morgan fingerprint density at radius 1 is 1.23 bits per heavy atom. The van der Waals surface area contributed by atoms with E-state index >= 15 is 0 Å². The molecule has 0 saturated heterocycles. The number of H-pyrrole nitrogens is 1. The van der Waals surface area contributed by atoms with Gasteiger partial charge in [0.05, 0.1) is 23.0 Å². The Bertz CT molecular complexity index is 1340. The van der Waals surface area contributed by atoms with Crippen LogP contribution < -0.4 is 5.76 Å². The van der Waals surface area contributed by atoms with Crippen LogP contribution in [0.2, 0.25) is 0 Å². The first-order valence-electron chi connectivity index (χ1n) is 9.08. The van der Waals surface area contributed by atoms with Gasteiger partial charge >= 0.3 is 11.7 Å². The molecule has 0 bridgehead atoms. The van der Waals surface area contributed by atoms with E-state index < -0.39 is 24.1 Å². The van der Waals surface area contributed by atoms with Gasteiger partial charge in [-0.15, -0.1) is 0 Å². The Morgan fingerprint density at radius 2 is 2.00 bits per heavy atom. The zero-order valence-corrected chi connectivity index (χ0v) is 15.7. The Balaban J connectivity index is 1.42. The van der Waals surface area contributed by atoms with E-state index in [0.717, 1.165) is 0 Å². The number of aliphatic hydroxyl groups is 1. The summed E-state index contributed by atoms with van der Waals surface area (Å²) in [4.78, 5) is 31.2. The summed E-state index contributed by atoms with van der Waals surface area (Å²) in [5, 5.41) is 19.6. The summed E-state index contributed by atoms with van der Waals surface area (Å²) in [5.74, 6) is -1.44. The van der Waals surface area contributed by atoms with Gasteiger partial charge in [0.25, 0.3) is 0 Å². The van der Waals surface area contributed by atoms with Gasteiger partial charge in [-0.25, -0.2) is 9.78 Å². The highest BCUT2D eigenvalue weighted by atomic mass is 16.5. The third-order valence-corrected chi connectivity index (χ3v) is 4.51. The molecule has 0 amide bonds. The number of hydrogen-bond acceptors (Lipinski definition) is 7. The van der Waals surface area contributed by atoms with Crippen LogP contribution in [0.4, 0.5) is 0 Å². The summed E-state index contributed by atoms with van der Waals surface area (Å²) in [6.07, 6.45) is -0.108. The molecular weight excluding hydrogens is 388 g/mol.